The van der Waals surface area contributed by atoms with Gasteiger partial charge in [0.25, 0.3) is 0 Å². The van der Waals surface area contributed by atoms with E-state index in [1.165, 1.54) is 199 Å². The van der Waals surface area contributed by atoms with Crippen LogP contribution in [0.25, 0.3) is 0 Å². The fraction of sp³-hybridized carbons (Fsp3) is 0.944. The highest BCUT2D eigenvalue weighted by Crippen LogP contribution is 2.26. The Hall–Kier alpha value is -1.16. The van der Waals surface area contributed by atoms with Crippen molar-refractivity contribution in [3.8, 4) is 0 Å². The van der Waals surface area contributed by atoms with Crippen molar-refractivity contribution in [1.29, 1.82) is 0 Å². The van der Waals surface area contributed by atoms with E-state index >= 15 is 0 Å². The fourth-order valence-corrected chi connectivity index (χ4v) is 9.41. The predicted molar refractivity (Wildman–Crippen MR) is 271 cm³/mol. The molecule has 1 rings (SSSR count). The zero-order chi connectivity index (χ0) is 48.9. The van der Waals surface area contributed by atoms with Gasteiger partial charge in [-0.2, -0.15) is 8.42 Å². The third-order valence-corrected chi connectivity index (χ3v) is 13.6. The number of carbonyl (C=O) groups excluding carboxylic acids is 1. The quantitative estimate of drug-likeness (QED) is 0.0197. The Morgan fingerprint density at radius 3 is 1.34 bits per heavy atom. The molecule has 0 aliphatic carbocycles. The molecule has 0 aromatic rings. The van der Waals surface area contributed by atoms with Crippen LogP contribution in [-0.2, 0) is 38.3 Å². The Kier molecular flexibility index (Phi) is 43.8. The molecule has 0 aromatic carbocycles. The van der Waals surface area contributed by atoms with Gasteiger partial charge >= 0.3 is 16.4 Å². The van der Waals surface area contributed by atoms with Crippen LogP contribution in [0.1, 0.15) is 264 Å². The maximum absolute atomic E-state index is 12.9. The molecule has 6 unspecified atom stereocenters. The average molecular weight is 977 g/mol. The third kappa shape index (κ3) is 39.2. The summed E-state index contributed by atoms with van der Waals surface area (Å²) in [6.07, 6.45) is 43.9. The van der Waals surface area contributed by atoms with Gasteiger partial charge < -0.3 is 34.3 Å². The minimum absolute atomic E-state index is 0.0400. The van der Waals surface area contributed by atoms with Gasteiger partial charge in [0.15, 0.2) is 6.29 Å². The van der Waals surface area contributed by atoms with Gasteiger partial charge in [-0.1, -0.05) is 231 Å². The van der Waals surface area contributed by atoms with Gasteiger partial charge in [0.05, 0.1) is 19.8 Å². The summed E-state index contributed by atoms with van der Waals surface area (Å²) >= 11 is 0. The molecular formula is C54H104O12S. The number of hydrogen-bond acceptors (Lipinski definition) is 11. The average Bonchev–Trinajstić information content (AvgIpc) is 3.30. The van der Waals surface area contributed by atoms with E-state index in [4.69, 9.17) is 18.9 Å². The maximum atomic E-state index is 12.9. The van der Waals surface area contributed by atoms with E-state index in [9.17, 15) is 33.1 Å². The van der Waals surface area contributed by atoms with E-state index in [-0.39, 0.29) is 19.6 Å². The standard InChI is InChI=1S/C54H104O12S/c1-3-5-7-9-11-13-15-17-19-21-23-24-25-27-29-31-33-35-37-39-41-43-50(56)64-48(47-63-54-52(58)53(66-67(59,60)61)51(57)49(45-55)65-54)46-62-44-42-40-38-36-34-32-30-28-26-22-20-18-16-14-12-10-8-6-4-2/h20,22,48-49,51-55,57-58H,3-19,21,23-47H2,1-2H3,(H,59,60,61)/b22-20-. The predicted octanol–water partition coefficient (Wildman–Crippen LogP) is 13.4. The number of aliphatic hydroxyl groups is 3. The normalized spacial score (nSPS) is 19.4. The van der Waals surface area contributed by atoms with E-state index in [2.05, 4.69) is 30.2 Å². The van der Waals surface area contributed by atoms with Crippen molar-refractivity contribution >= 4 is 16.4 Å². The lowest BCUT2D eigenvalue weighted by molar-refractivity contribution is -0.301. The second kappa shape index (κ2) is 45.9. The Morgan fingerprint density at radius 2 is 0.940 bits per heavy atom. The van der Waals surface area contributed by atoms with E-state index in [1.54, 1.807) is 0 Å². The zero-order valence-corrected chi connectivity index (χ0v) is 43.8. The lowest BCUT2D eigenvalue weighted by atomic mass is 9.99. The second-order valence-electron chi connectivity index (χ2n) is 19.5. The molecule has 398 valence electrons. The monoisotopic (exact) mass is 977 g/mol. The molecular weight excluding hydrogens is 873 g/mol. The molecule has 4 N–H and O–H groups in total. The summed E-state index contributed by atoms with van der Waals surface area (Å²) < 4.78 is 59.4. The van der Waals surface area contributed by atoms with Crippen molar-refractivity contribution in [2.45, 2.75) is 301 Å². The first-order valence-electron chi connectivity index (χ1n) is 27.9. The van der Waals surface area contributed by atoms with Crippen LogP contribution in [0, 0.1) is 0 Å². The molecule has 1 aliphatic rings. The molecule has 0 amide bonds. The Labute approximate surface area is 410 Å². The molecule has 12 nitrogen and oxygen atoms in total. The number of hydrogen-bond donors (Lipinski definition) is 4. The van der Waals surface area contributed by atoms with Crippen LogP contribution in [0.15, 0.2) is 12.2 Å². The van der Waals surface area contributed by atoms with Crippen LogP contribution in [0.3, 0.4) is 0 Å². The highest BCUT2D eigenvalue weighted by Gasteiger charge is 2.48. The van der Waals surface area contributed by atoms with Crippen molar-refractivity contribution in [2.75, 3.05) is 26.4 Å². The Morgan fingerprint density at radius 1 is 0.552 bits per heavy atom. The second-order valence-corrected chi connectivity index (χ2v) is 20.6. The molecule has 0 saturated carbocycles. The van der Waals surface area contributed by atoms with Crippen LogP contribution in [0.5, 0.6) is 0 Å². The topological polar surface area (TPSA) is 178 Å². The smallest absolute Gasteiger partial charge is 0.397 e. The Bertz CT molecular complexity index is 1220. The number of unbranched alkanes of at least 4 members (excludes halogenated alkanes) is 35. The fourth-order valence-electron chi connectivity index (χ4n) is 8.91. The van der Waals surface area contributed by atoms with Crippen LogP contribution in [0.2, 0.25) is 0 Å². The van der Waals surface area contributed by atoms with Crippen LogP contribution in [-0.4, -0.2) is 97.5 Å². The minimum atomic E-state index is -5.06. The van der Waals surface area contributed by atoms with Crippen LogP contribution in [0.4, 0.5) is 0 Å². The van der Waals surface area contributed by atoms with Gasteiger partial charge in [0.1, 0.15) is 30.5 Å². The summed E-state index contributed by atoms with van der Waals surface area (Å²) in [4.78, 5) is 12.9. The van der Waals surface area contributed by atoms with E-state index in [1.807, 2.05) is 0 Å². The summed E-state index contributed by atoms with van der Waals surface area (Å²) in [5.74, 6) is -0.393. The number of carbonyl (C=O) groups is 1. The van der Waals surface area contributed by atoms with Gasteiger partial charge in [0, 0.05) is 13.0 Å². The first kappa shape index (κ1) is 63.9. The highest BCUT2D eigenvalue weighted by molar-refractivity contribution is 7.80. The summed E-state index contributed by atoms with van der Waals surface area (Å²) in [7, 11) is -5.06. The summed E-state index contributed by atoms with van der Waals surface area (Å²) in [6.45, 7) is 4.05. The van der Waals surface area contributed by atoms with Crippen molar-refractivity contribution in [3.63, 3.8) is 0 Å². The van der Waals surface area contributed by atoms with Gasteiger partial charge in [-0.3, -0.25) is 9.35 Å². The first-order chi connectivity index (χ1) is 32.6. The van der Waals surface area contributed by atoms with E-state index in [0.717, 1.165) is 38.5 Å². The minimum Gasteiger partial charge on any atom is -0.457 e. The number of aliphatic hydroxyl groups excluding tert-OH is 3. The molecule has 0 spiro atoms. The molecule has 1 heterocycles. The van der Waals surface area contributed by atoms with Crippen molar-refractivity contribution < 1.29 is 56.2 Å². The first-order valence-corrected chi connectivity index (χ1v) is 29.3. The van der Waals surface area contributed by atoms with Crippen LogP contribution < -0.4 is 0 Å². The van der Waals surface area contributed by atoms with Crippen molar-refractivity contribution in [1.82, 2.24) is 0 Å². The molecule has 0 bridgehead atoms. The maximum Gasteiger partial charge on any atom is 0.397 e. The molecule has 1 fully saturated rings. The Balaban J connectivity index is 2.31. The number of rotatable bonds is 50. The van der Waals surface area contributed by atoms with E-state index in [0.29, 0.717) is 13.0 Å². The van der Waals surface area contributed by atoms with Gasteiger partial charge in [-0.05, 0) is 38.5 Å². The number of ether oxygens (including phenoxy) is 4. The molecule has 0 radical (unpaired) electrons. The molecule has 67 heavy (non-hydrogen) atoms. The lowest BCUT2D eigenvalue weighted by Gasteiger charge is -2.41. The van der Waals surface area contributed by atoms with Gasteiger partial charge in [-0.25, -0.2) is 4.18 Å². The van der Waals surface area contributed by atoms with Gasteiger partial charge in [-0.15, -0.1) is 0 Å². The van der Waals surface area contributed by atoms with E-state index < -0.39 is 59.8 Å². The van der Waals surface area contributed by atoms with Crippen molar-refractivity contribution in [2.24, 2.45) is 0 Å². The number of allylic oxidation sites excluding steroid dienone is 2. The zero-order valence-electron chi connectivity index (χ0n) is 43.0. The summed E-state index contributed by atoms with van der Waals surface area (Å²) in [5, 5.41) is 30.8. The lowest BCUT2D eigenvalue weighted by Crippen LogP contribution is -2.60. The molecule has 1 aliphatic heterocycles. The largest absolute Gasteiger partial charge is 0.457 e. The van der Waals surface area contributed by atoms with Crippen LogP contribution >= 0.6 is 0 Å². The highest BCUT2D eigenvalue weighted by atomic mass is 32.3. The molecule has 0 aromatic heterocycles. The molecule has 6 atom stereocenters. The molecule has 13 heteroatoms. The third-order valence-electron chi connectivity index (χ3n) is 13.1. The summed E-state index contributed by atoms with van der Waals surface area (Å²) in [5.41, 5.74) is 0. The molecule has 1 saturated heterocycles. The van der Waals surface area contributed by atoms with Crippen molar-refractivity contribution in [3.05, 3.63) is 12.2 Å². The summed E-state index contributed by atoms with van der Waals surface area (Å²) in [6, 6.07) is 0. The SMILES string of the molecule is CCCCCCCCC/C=C\CCCCCCCCCCOCC(COC1OC(CO)C(O)C(OS(=O)(=O)O)C1O)OC(=O)CCCCCCCCCCCCCCCCCCCCCCC. The van der Waals surface area contributed by atoms with Gasteiger partial charge in [0.2, 0.25) is 0 Å². The number of esters is 1.